The van der Waals surface area contributed by atoms with Gasteiger partial charge in [-0.3, -0.25) is 4.79 Å². The maximum Gasteiger partial charge on any atom is 0.222 e. The molecule has 0 rings (SSSR count). The highest BCUT2D eigenvalue weighted by molar-refractivity contribution is 5.76. The van der Waals surface area contributed by atoms with E-state index in [9.17, 15) is 20.1 Å². The number of rotatable bonds is 39. The third-order valence-electron chi connectivity index (χ3n) is 10.1. The second-order valence-corrected chi connectivity index (χ2v) is 15.0. The van der Waals surface area contributed by atoms with Crippen molar-refractivity contribution in [1.29, 1.82) is 0 Å². The molecule has 0 radical (unpaired) electrons. The fraction of sp³-hybridized carbons (Fsp3) is 0.930. The molecule has 1 amide bonds. The smallest absolute Gasteiger partial charge is 0.222 e. The van der Waals surface area contributed by atoms with Gasteiger partial charge in [-0.15, -0.1) is 0 Å². The quantitative estimate of drug-likeness (QED) is 0.0384. The van der Waals surface area contributed by atoms with Crippen molar-refractivity contribution in [3.8, 4) is 0 Å². The number of carbonyl (C=O) groups excluding carboxylic acids is 1. The molecule has 3 unspecified atom stereocenters. The highest BCUT2D eigenvalue weighted by Crippen LogP contribution is 2.16. The minimum atomic E-state index is -0.923. The summed E-state index contributed by atoms with van der Waals surface area (Å²) >= 11 is 0. The number of amides is 1. The molecule has 0 saturated carbocycles. The summed E-state index contributed by atoms with van der Waals surface area (Å²) in [4.78, 5) is 12.4. The fourth-order valence-electron chi connectivity index (χ4n) is 6.75. The highest BCUT2D eigenvalue weighted by atomic mass is 16.3. The van der Waals surface area contributed by atoms with Crippen LogP contribution < -0.4 is 5.32 Å². The van der Waals surface area contributed by atoms with Crippen LogP contribution in [0.25, 0.3) is 0 Å². The summed E-state index contributed by atoms with van der Waals surface area (Å²) in [5, 5.41) is 33.2. The lowest BCUT2D eigenvalue weighted by molar-refractivity contribution is -0.124. The summed E-state index contributed by atoms with van der Waals surface area (Å²) < 4.78 is 0. The van der Waals surface area contributed by atoms with Crippen LogP contribution in [-0.2, 0) is 4.79 Å². The third-order valence-corrected chi connectivity index (χ3v) is 10.1. The van der Waals surface area contributed by atoms with Gasteiger partial charge in [0.25, 0.3) is 0 Å². The van der Waals surface area contributed by atoms with E-state index in [1.54, 1.807) is 6.08 Å². The zero-order chi connectivity index (χ0) is 35.2. The molecule has 0 aromatic carbocycles. The van der Waals surface area contributed by atoms with E-state index in [1.807, 2.05) is 6.08 Å². The molecule has 0 spiro atoms. The van der Waals surface area contributed by atoms with Gasteiger partial charge in [0.15, 0.2) is 0 Å². The van der Waals surface area contributed by atoms with E-state index in [0.717, 1.165) is 25.7 Å². The maximum absolute atomic E-state index is 12.4. The van der Waals surface area contributed by atoms with Crippen molar-refractivity contribution in [2.45, 2.75) is 250 Å². The minimum absolute atomic E-state index is 0.0187. The molecule has 286 valence electrons. The lowest BCUT2D eigenvalue weighted by Crippen LogP contribution is -2.45. The zero-order valence-electron chi connectivity index (χ0n) is 32.4. The predicted octanol–water partition coefficient (Wildman–Crippen LogP) is 12.0. The molecule has 0 aliphatic carbocycles. The molecule has 0 saturated heterocycles. The van der Waals surface area contributed by atoms with Crippen LogP contribution >= 0.6 is 0 Å². The van der Waals surface area contributed by atoms with E-state index in [4.69, 9.17) is 0 Å². The second kappa shape index (κ2) is 38.9. The van der Waals surface area contributed by atoms with Crippen molar-refractivity contribution >= 4 is 5.91 Å². The van der Waals surface area contributed by atoms with Crippen LogP contribution in [0.4, 0.5) is 0 Å². The third kappa shape index (κ3) is 34.9. The van der Waals surface area contributed by atoms with Crippen molar-refractivity contribution in [3.63, 3.8) is 0 Å². The average molecular weight is 680 g/mol. The Bertz CT molecular complexity index is 669. The Balaban J connectivity index is 3.64. The second-order valence-electron chi connectivity index (χ2n) is 15.0. The first-order chi connectivity index (χ1) is 23.5. The number of hydrogen-bond donors (Lipinski definition) is 4. The van der Waals surface area contributed by atoms with Crippen molar-refractivity contribution in [3.05, 3.63) is 12.2 Å². The lowest BCUT2D eigenvalue weighted by atomic mass is 10.0. The molecule has 0 fully saturated rings. The van der Waals surface area contributed by atoms with Gasteiger partial charge < -0.3 is 20.6 Å². The molecule has 3 atom stereocenters. The number of allylic oxidation sites excluding steroid dienone is 1. The maximum atomic E-state index is 12.4. The van der Waals surface area contributed by atoms with E-state index >= 15 is 0 Å². The molecule has 4 N–H and O–H groups in total. The van der Waals surface area contributed by atoms with Gasteiger partial charge in [-0.1, -0.05) is 219 Å². The highest BCUT2D eigenvalue weighted by Gasteiger charge is 2.20. The Hall–Kier alpha value is -0.910. The Kier molecular flexibility index (Phi) is 38.1. The van der Waals surface area contributed by atoms with Crippen LogP contribution in [-0.4, -0.2) is 46.1 Å². The van der Waals surface area contributed by atoms with Gasteiger partial charge in [0.2, 0.25) is 5.91 Å². The average Bonchev–Trinajstić information content (AvgIpc) is 3.08. The molecule has 0 heterocycles. The molecule has 0 aromatic heterocycles. The van der Waals surface area contributed by atoms with Crippen LogP contribution in [0.3, 0.4) is 0 Å². The van der Waals surface area contributed by atoms with E-state index in [2.05, 4.69) is 19.2 Å². The molecular formula is C43H85NO4. The predicted molar refractivity (Wildman–Crippen MR) is 208 cm³/mol. The molecule has 0 aliphatic rings. The normalized spacial score (nSPS) is 13.7. The Morgan fingerprint density at radius 1 is 0.521 bits per heavy atom. The standard InChI is InChI=1S/C43H85NO4/c1-3-5-7-9-11-13-15-17-19-20-21-23-24-26-28-30-32-34-36-40(46)38-43(48)44-41(39-45)42(47)37-35-33-31-29-27-25-22-18-16-14-12-10-8-6-4-2/h35,37,40-42,45-47H,3-34,36,38-39H2,1-2H3,(H,44,48)/b37-35+. The summed E-state index contributed by atoms with van der Waals surface area (Å²) in [7, 11) is 0. The van der Waals surface area contributed by atoms with E-state index in [1.165, 1.54) is 180 Å². The summed E-state index contributed by atoms with van der Waals surface area (Å²) in [6.07, 6.45) is 44.9. The number of unbranched alkanes of at least 4 members (excludes halogenated alkanes) is 30. The van der Waals surface area contributed by atoms with Crippen molar-refractivity contribution in [2.75, 3.05) is 6.61 Å². The van der Waals surface area contributed by atoms with Crippen molar-refractivity contribution in [1.82, 2.24) is 5.32 Å². The van der Waals surface area contributed by atoms with Crippen LogP contribution in [0.15, 0.2) is 12.2 Å². The van der Waals surface area contributed by atoms with Gasteiger partial charge in [-0.2, -0.15) is 0 Å². The number of nitrogens with one attached hydrogen (secondary N) is 1. The molecule has 48 heavy (non-hydrogen) atoms. The molecular weight excluding hydrogens is 594 g/mol. The monoisotopic (exact) mass is 680 g/mol. The van der Waals surface area contributed by atoms with Gasteiger partial charge in [0.05, 0.1) is 31.3 Å². The van der Waals surface area contributed by atoms with Gasteiger partial charge in [0, 0.05) is 0 Å². The molecule has 5 heteroatoms. The van der Waals surface area contributed by atoms with Gasteiger partial charge in [-0.05, 0) is 19.3 Å². The topological polar surface area (TPSA) is 89.8 Å². The Morgan fingerprint density at radius 2 is 0.854 bits per heavy atom. The summed E-state index contributed by atoms with van der Waals surface area (Å²) in [5.41, 5.74) is 0. The lowest BCUT2D eigenvalue weighted by Gasteiger charge is -2.21. The number of aliphatic hydroxyl groups excluding tert-OH is 3. The number of carbonyl (C=O) groups is 1. The zero-order valence-corrected chi connectivity index (χ0v) is 32.4. The van der Waals surface area contributed by atoms with Crippen LogP contribution in [0, 0.1) is 0 Å². The van der Waals surface area contributed by atoms with Crippen LogP contribution in [0.2, 0.25) is 0 Å². The molecule has 0 aromatic rings. The van der Waals surface area contributed by atoms with Gasteiger partial charge >= 0.3 is 0 Å². The van der Waals surface area contributed by atoms with Gasteiger partial charge in [0.1, 0.15) is 0 Å². The van der Waals surface area contributed by atoms with Crippen molar-refractivity contribution < 1.29 is 20.1 Å². The Morgan fingerprint density at radius 3 is 1.21 bits per heavy atom. The first kappa shape index (κ1) is 47.1. The summed E-state index contributed by atoms with van der Waals surface area (Å²) in [5.74, 6) is -0.312. The van der Waals surface area contributed by atoms with Gasteiger partial charge in [-0.25, -0.2) is 0 Å². The molecule has 0 bridgehead atoms. The molecule has 5 nitrogen and oxygen atoms in total. The first-order valence-electron chi connectivity index (χ1n) is 21.5. The Labute approximate surface area is 299 Å². The largest absolute Gasteiger partial charge is 0.394 e. The van der Waals surface area contributed by atoms with E-state index < -0.39 is 18.2 Å². The van der Waals surface area contributed by atoms with E-state index in [0.29, 0.717) is 6.42 Å². The number of hydrogen-bond acceptors (Lipinski definition) is 4. The fourth-order valence-corrected chi connectivity index (χ4v) is 6.75. The van der Waals surface area contributed by atoms with Crippen LogP contribution in [0.1, 0.15) is 232 Å². The first-order valence-corrected chi connectivity index (χ1v) is 21.5. The minimum Gasteiger partial charge on any atom is -0.394 e. The van der Waals surface area contributed by atoms with Crippen molar-refractivity contribution in [2.24, 2.45) is 0 Å². The summed E-state index contributed by atoms with van der Waals surface area (Å²) in [6, 6.07) is -0.738. The van der Waals surface area contributed by atoms with Crippen LogP contribution in [0.5, 0.6) is 0 Å². The molecule has 0 aliphatic heterocycles. The SMILES string of the molecule is CCCCCCCCCCCCCCC/C=C/C(O)C(CO)NC(=O)CC(O)CCCCCCCCCCCCCCCCCCCC. The summed E-state index contributed by atoms with van der Waals surface area (Å²) in [6.45, 7) is 4.22. The van der Waals surface area contributed by atoms with E-state index in [-0.39, 0.29) is 18.9 Å². The number of aliphatic hydroxyl groups is 3.